The van der Waals surface area contributed by atoms with Crippen molar-refractivity contribution < 1.29 is 13.5 Å². The topological polar surface area (TPSA) is 95.1 Å². The van der Waals surface area contributed by atoms with Gasteiger partial charge in [0.05, 0.1) is 11.9 Å². The highest BCUT2D eigenvalue weighted by Gasteiger charge is 2.18. The molecule has 16 heavy (non-hydrogen) atoms. The van der Waals surface area contributed by atoms with Gasteiger partial charge < -0.3 is 5.11 Å². The molecule has 0 aliphatic rings. The Kier molecular flexibility index (Phi) is 4.45. The highest BCUT2D eigenvalue weighted by Crippen LogP contribution is 2.11. The maximum absolute atomic E-state index is 11.8. The summed E-state index contributed by atoms with van der Waals surface area (Å²) in [5, 5.41) is 14.9. The van der Waals surface area contributed by atoms with Gasteiger partial charge in [0.25, 0.3) is 0 Å². The molecule has 7 heteroatoms. The fourth-order valence-electron chi connectivity index (χ4n) is 1.26. The Morgan fingerprint density at radius 2 is 2.31 bits per heavy atom. The molecule has 0 saturated heterocycles. The molecule has 0 radical (unpaired) electrons. The van der Waals surface area contributed by atoms with Crippen molar-refractivity contribution in [2.24, 2.45) is 5.92 Å². The summed E-state index contributed by atoms with van der Waals surface area (Å²) in [7, 11) is -3.49. The number of hydrogen-bond donors (Lipinski definition) is 3. The van der Waals surface area contributed by atoms with Crippen LogP contribution in [0.25, 0.3) is 0 Å². The van der Waals surface area contributed by atoms with E-state index in [1.54, 1.807) is 6.92 Å². The molecule has 0 aliphatic heterocycles. The molecule has 1 atom stereocenters. The first-order chi connectivity index (χ1) is 7.47. The summed E-state index contributed by atoms with van der Waals surface area (Å²) in [5.41, 5.74) is 0.516. The normalized spacial score (nSPS) is 13.9. The first-order valence-corrected chi connectivity index (χ1v) is 6.56. The third-order valence-corrected chi connectivity index (χ3v) is 3.85. The fraction of sp³-hybridized carbons (Fsp3) is 0.667. The van der Waals surface area contributed by atoms with Gasteiger partial charge >= 0.3 is 0 Å². The molecule has 0 amide bonds. The molecule has 92 valence electrons. The number of aliphatic hydroxyl groups is 1. The van der Waals surface area contributed by atoms with Gasteiger partial charge in [-0.2, -0.15) is 5.10 Å². The Hall–Kier alpha value is -0.920. The van der Waals surface area contributed by atoms with Gasteiger partial charge in [0.1, 0.15) is 4.90 Å². The van der Waals surface area contributed by atoms with Crippen molar-refractivity contribution in [1.82, 2.24) is 14.9 Å². The van der Waals surface area contributed by atoms with Gasteiger partial charge in [-0.05, 0) is 19.3 Å². The molecule has 0 fully saturated rings. The van der Waals surface area contributed by atoms with Crippen LogP contribution in [0.5, 0.6) is 0 Å². The summed E-state index contributed by atoms with van der Waals surface area (Å²) in [4.78, 5) is 0.170. The smallest absolute Gasteiger partial charge is 0.243 e. The second kappa shape index (κ2) is 5.42. The number of H-pyrrole nitrogens is 1. The molecule has 1 aromatic heterocycles. The molecule has 0 aromatic carbocycles. The molecule has 3 N–H and O–H groups in total. The van der Waals surface area contributed by atoms with Gasteiger partial charge in [0, 0.05) is 13.2 Å². The molecular weight excluding hydrogens is 230 g/mol. The average molecular weight is 247 g/mol. The summed E-state index contributed by atoms with van der Waals surface area (Å²) in [6.07, 6.45) is 1.86. The van der Waals surface area contributed by atoms with Crippen LogP contribution < -0.4 is 4.72 Å². The van der Waals surface area contributed by atoms with Gasteiger partial charge in [-0.15, -0.1) is 0 Å². The van der Waals surface area contributed by atoms with E-state index in [0.29, 0.717) is 18.7 Å². The van der Waals surface area contributed by atoms with E-state index in [1.807, 2.05) is 6.92 Å². The lowest BCUT2D eigenvalue weighted by atomic mass is 10.1. The lowest BCUT2D eigenvalue weighted by molar-refractivity contribution is 0.263. The first-order valence-electron chi connectivity index (χ1n) is 5.08. The average Bonchev–Trinajstić information content (AvgIpc) is 2.63. The van der Waals surface area contributed by atoms with Crippen LogP contribution in [0, 0.1) is 12.8 Å². The summed E-state index contributed by atoms with van der Waals surface area (Å²) < 4.78 is 26.1. The van der Waals surface area contributed by atoms with Crippen molar-refractivity contribution >= 4 is 10.0 Å². The predicted molar refractivity (Wildman–Crippen MR) is 59.4 cm³/mol. The quantitative estimate of drug-likeness (QED) is 0.660. The molecule has 0 saturated carbocycles. The molecule has 6 nitrogen and oxygen atoms in total. The number of sulfonamides is 1. The van der Waals surface area contributed by atoms with Gasteiger partial charge in [-0.3, -0.25) is 5.10 Å². The number of nitrogens with one attached hydrogen (secondary N) is 2. The summed E-state index contributed by atoms with van der Waals surface area (Å²) in [6.45, 7) is 3.90. The number of aryl methyl sites for hydroxylation is 1. The van der Waals surface area contributed by atoms with Crippen LogP contribution in [-0.4, -0.2) is 36.9 Å². The Morgan fingerprint density at radius 1 is 1.62 bits per heavy atom. The van der Waals surface area contributed by atoms with E-state index < -0.39 is 10.0 Å². The summed E-state index contributed by atoms with van der Waals surface area (Å²) in [6, 6.07) is 0. The predicted octanol–water partition coefficient (Wildman–Crippen LogP) is 0.0149. The lowest BCUT2D eigenvalue weighted by Crippen LogP contribution is -2.29. The van der Waals surface area contributed by atoms with Crippen molar-refractivity contribution in [2.75, 3.05) is 13.2 Å². The number of aliphatic hydroxyl groups excluding tert-OH is 1. The maximum Gasteiger partial charge on any atom is 0.243 e. The molecule has 1 rings (SSSR count). The van der Waals surface area contributed by atoms with Crippen LogP contribution >= 0.6 is 0 Å². The van der Waals surface area contributed by atoms with Crippen molar-refractivity contribution in [3.63, 3.8) is 0 Å². The van der Waals surface area contributed by atoms with Crippen molar-refractivity contribution in [2.45, 2.75) is 25.2 Å². The SMILES string of the molecule is Cc1[nH]ncc1S(=O)(=O)NCC(C)CCO. The second-order valence-electron chi connectivity index (χ2n) is 3.83. The van der Waals surface area contributed by atoms with Gasteiger partial charge in [0.2, 0.25) is 10.0 Å². The standard InChI is InChI=1S/C9H17N3O3S/c1-7(3-4-13)5-11-16(14,15)9-6-10-12-8(9)2/h6-7,11,13H,3-5H2,1-2H3,(H,10,12). The molecular formula is C9H17N3O3S. The Bertz CT molecular complexity index is 427. The number of rotatable bonds is 6. The van der Waals surface area contributed by atoms with Crippen molar-refractivity contribution in [1.29, 1.82) is 0 Å². The van der Waals surface area contributed by atoms with E-state index in [2.05, 4.69) is 14.9 Å². The van der Waals surface area contributed by atoms with Crippen molar-refractivity contribution in [3.8, 4) is 0 Å². The summed E-state index contributed by atoms with van der Waals surface area (Å²) >= 11 is 0. The number of hydrogen-bond acceptors (Lipinski definition) is 4. The van der Waals surface area contributed by atoms with E-state index in [1.165, 1.54) is 6.20 Å². The minimum absolute atomic E-state index is 0.0631. The molecule has 1 heterocycles. The Balaban J connectivity index is 2.63. The van der Waals surface area contributed by atoms with Gasteiger partial charge in [-0.25, -0.2) is 13.1 Å². The monoisotopic (exact) mass is 247 g/mol. The third kappa shape index (κ3) is 3.29. The first kappa shape index (κ1) is 13.1. The Labute approximate surface area is 95.1 Å². The van der Waals surface area contributed by atoms with E-state index in [9.17, 15) is 8.42 Å². The van der Waals surface area contributed by atoms with Gasteiger partial charge in [-0.1, -0.05) is 6.92 Å². The number of aromatic nitrogens is 2. The highest BCUT2D eigenvalue weighted by atomic mass is 32.2. The second-order valence-corrected chi connectivity index (χ2v) is 5.56. The zero-order valence-corrected chi connectivity index (χ0v) is 10.2. The molecule has 1 aromatic rings. The molecule has 0 bridgehead atoms. The minimum Gasteiger partial charge on any atom is -0.396 e. The number of aromatic amines is 1. The van der Waals surface area contributed by atoms with Crippen molar-refractivity contribution in [3.05, 3.63) is 11.9 Å². The van der Waals surface area contributed by atoms with Crippen LogP contribution in [0.15, 0.2) is 11.1 Å². The van der Waals surface area contributed by atoms with Crippen LogP contribution in [0.4, 0.5) is 0 Å². The van der Waals surface area contributed by atoms with Crippen LogP contribution in [0.3, 0.4) is 0 Å². The van der Waals surface area contributed by atoms with Crippen LogP contribution in [0.2, 0.25) is 0 Å². The van der Waals surface area contributed by atoms with Crippen LogP contribution in [0.1, 0.15) is 19.0 Å². The third-order valence-electron chi connectivity index (χ3n) is 2.32. The Morgan fingerprint density at radius 3 is 2.81 bits per heavy atom. The molecule has 1 unspecified atom stereocenters. The molecule has 0 aliphatic carbocycles. The van der Waals surface area contributed by atoms with E-state index in [4.69, 9.17) is 5.11 Å². The lowest BCUT2D eigenvalue weighted by Gasteiger charge is -2.11. The van der Waals surface area contributed by atoms with E-state index in [0.717, 1.165) is 0 Å². The molecule has 0 spiro atoms. The largest absolute Gasteiger partial charge is 0.396 e. The summed E-state index contributed by atoms with van der Waals surface area (Å²) in [5.74, 6) is 0.104. The minimum atomic E-state index is -3.49. The van der Waals surface area contributed by atoms with Gasteiger partial charge in [0.15, 0.2) is 0 Å². The zero-order chi connectivity index (χ0) is 12.2. The van der Waals surface area contributed by atoms with E-state index >= 15 is 0 Å². The number of nitrogens with zero attached hydrogens (tertiary/aromatic N) is 1. The van der Waals surface area contributed by atoms with Crippen LogP contribution in [-0.2, 0) is 10.0 Å². The zero-order valence-electron chi connectivity index (χ0n) is 9.40. The fourth-order valence-corrected chi connectivity index (χ4v) is 2.56. The highest BCUT2D eigenvalue weighted by molar-refractivity contribution is 7.89. The van der Waals surface area contributed by atoms with E-state index in [-0.39, 0.29) is 17.4 Å². The maximum atomic E-state index is 11.8.